The molecule has 1 aromatic heterocycles. The molecule has 1 saturated carbocycles. The summed E-state index contributed by atoms with van der Waals surface area (Å²) < 4.78 is 5.14. The quantitative estimate of drug-likeness (QED) is 0.730. The Morgan fingerprint density at radius 3 is 3.00 bits per heavy atom. The maximum absolute atomic E-state index is 5.14. The lowest BCUT2D eigenvalue weighted by atomic mass is 10.0. The first kappa shape index (κ1) is 10.7. The van der Waals surface area contributed by atoms with Crippen molar-refractivity contribution in [2.24, 2.45) is 5.92 Å². The highest BCUT2D eigenvalue weighted by atomic mass is 16.3. The molecule has 1 aliphatic carbocycles. The second kappa shape index (κ2) is 5.91. The summed E-state index contributed by atoms with van der Waals surface area (Å²) in [5.41, 5.74) is 0. The van der Waals surface area contributed by atoms with E-state index in [4.69, 9.17) is 4.42 Å². The predicted octanol–water partition coefficient (Wildman–Crippen LogP) is 2.73. The molecular formula is C12H20N2O. The summed E-state index contributed by atoms with van der Waals surface area (Å²) in [6.45, 7) is 1.90. The Morgan fingerprint density at radius 2 is 2.27 bits per heavy atom. The van der Waals surface area contributed by atoms with Crippen molar-refractivity contribution >= 4 is 0 Å². The maximum Gasteiger partial charge on any atom is 0.180 e. The van der Waals surface area contributed by atoms with Gasteiger partial charge in [0.2, 0.25) is 0 Å². The zero-order chi connectivity index (χ0) is 10.3. The molecule has 1 heterocycles. The third kappa shape index (κ3) is 3.67. The van der Waals surface area contributed by atoms with Crippen LogP contribution in [0.2, 0.25) is 0 Å². The molecule has 2 rings (SSSR count). The minimum Gasteiger partial charge on any atom is -0.447 e. The van der Waals surface area contributed by atoms with Crippen molar-refractivity contribution in [2.75, 3.05) is 6.54 Å². The zero-order valence-electron chi connectivity index (χ0n) is 9.24. The van der Waals surface area contributed by atoms with Gasteiger partial charge in [0.05, 0.1) is 12.7 Å². The molecule has 0 aromatic carbocycles. The third-order valence-electron chi connectivity index (χ3n) is 3.22. The van der Waals surface area contributed by atoms with Gasteiger partial charge < -0.3 is 9.73 Å². The number of nitrogens with zero attached hydrogens (tertiary/aromatic N) is 1. The van der Waals surface area contributed by atoms with Crippen LogP contribution in [0.1, 0.15) is 44.3 Å². The van der Waals surface area contributed by atoms with E-state index in [2.05, 4.69) is 10.3 Å². The summed E-state index contributed by atoms with van der Waals surface area (Å²) in [6, 6.07) is 0. The molecule has 0 bridgehead atoms. The van der Waals surface area contributed by atoms with Gasteiger partial charge in [-0.3, -0.25) is 0 Å². The summed E-state index contributed by atoms with van der Waals surface area (Å²) in [6.07, 6.45) is 11.8. The standard InChI is InChI=1S/C12H20N2O/c1-2-5-11(4-1)6-3-7-13-8-12-9-14-10-15-12/h9-11,13H,1-8H2. The van der Waals surface area contributed by atoms with Gasteiger partial charge in [0.1, 0.15) is 5.76 Å². The molecule has 1 fully saturated rings. The first-order valence-electron chi connectivity index (χ1n) is 6.03. The Bertz CT molecular complexity index is 253. The Labute approximate surface area is 91.3 Å². The van der Waals surface area contributed by atoms with E-state index in [1.165, 1.54) is 44.9 Å². The lowest BCUT2D eigenvalue weighted by Gasteiger charge is -2.08. The van der Waals surface area contributed by atoms with E-state index >= 15 is 0 Å². The first-order chi connectivity index (χ1) is 7.45. The van der Waals surface area contributed by atoms with Crippen LogP contribution in [-0.2, 0) is 6.54 Å². The van der Waals surface area contributed by atoms with E-state index in [0.29, 0.717) is 0 Å². The highest BCUT2D eigenvalue weighted by Crippen LogP contribution is 2.28. The number of rotatable bonds is 6. The van der Waals surface area contributed by atoms with Crippen molar-refractivity contribution in [1.82, 2.24) is 10.3 Å². The SMILES string of the molecule is c1ncc(CNCCCC2CCCC2)o1. The Hall–Kier alpha value is -0.830. The molecular weight excluding hydrogens is 188 g/mol. The topological polar surface area (TPSA) is 38.1 Å². The molecule has 3 nitrogen and oxygen atoms in total. The van der Waals surface area contributed by atoms with Crippen molar-refractivity contribution < 1.29 is 4.42 Å². The average molecular weight is 208 g/mol. The van der Waals surface area contributed by atoms with Crippen molar-refractivity contribution in [3.63, 3.8) is 0 Å². The summed E-state index contributed by atoms with van der Waals surface area (Å²) in [7, 11) is 0. The molecule has 1 aromatic rings. The minimum atomic E-state index is 0.810. The van der Waals surface area contributed by atoms with Crippen molar-refractivity contribution in [1.29, 1.82) is 0 Å². The summed E-state index contributed by atoms with van der Waals surface area (Å²) >= 11 is 0. The number of oxazole rings is 1. The number of hydrogen-bond donors (Lipinski definition) is 1. The van der Waals surface area contributed by atoms with Gasteiger partial charge in [-0.15, -0.1) is 0 Å². The second-order valence-electron chi connectivity index (χ2n) is 4.44. The fourth-order valence-corrected chi connectivity index (χ4v) is 2.36. The van der Waals surface area contributed by atoms with Crippen LogP contribution in [0.15, 0.2) is 17.0 Å². The number of hydrogen-bond acceptors (Lipinski definition) is 3. The maximum atomic E-state index is 5.14. The highest BCUT2D eigenvalue weighted by Gasteiger charge is 2.13. The van der Waals surface area contributed by atoms with Crippen molar-refractivity contribution in [3.8, 4) is 0 Å². The molecule has 1 aliphatic rings. The van der Waals surface area contributed by atoms with Gasteiger partial charge in [0.15, 0.2) is 6.39 Å². The average Bonchev–Trinajstić information content (AvgIpc) is 2.88. The largest absolute Gasteiger partial charge is 0.447 e. The molecule has 0 atom stereocenters. The Morgan fingerprint density at radius 1 is 1.40 bits per heavy atom. The van der Waals surface area contributed by atoms with Crippen molar-refractivity contribution in [2.45, 2.75) is 45.1 Å². The normalized spacial score (nSPS) is 17.3. The van der Waals surface area contributed by atoms with Gasteiger partial charge >= 0.3 is 0 Å². The predicted molar refractivity (Wildman–Crippen MR) is 59.4 cm³/mol. The molecule has 3 heteroatoms. The van der Waals surface area contributed by atoms with E-state index in [9.17, 15) is 0 Å². The van der Waals surface area contributed by atoms with Crippen LogP contribution in [-0.4, -0.2) is 11.5 Å². The van der Waals surface area contributed by atoms with Gasteiger partial charge in [-0.05, 0) is 25.3 Å². The van der Waals surface area contributed by atoms with Crippen molar-refractivity contribution in [3.05, 3.63) is 18.4 Å². The van der Waals surface area contributed by atoms with E-state index in [1.54, 1.807) is 6.20 Å². The van der Waals surface area contributed by atoms with Gasteiger partial charge in [-0.1, -0.05) is 25.7 Å². The summed E-state index contributed by atoms with van der Waals surface area (Å²) in [5.74, 6) is 1.94. The van der Waals surface area contributed by atoms with Crippen LogP contribution in [0.5, 0.6) is 0 Å². The molecule has 0 unspecified atom stereocenters. The van der Waals surface area contributed by atoms with Crippen LogP contribution in [0, 0.1) is 5.92 Å². The molecule has 0 amide bonds. The van der Waals surface area contributed by atoms with Gasteiger partial charge in [0, 0.05) is 0 Å². The molecule has 0 spiro atoms. The van der Waals surface area contributed by atoms with Crippen LogP contribution in [0.3, 0.4) is 0 Å². The Balaban J connectivity index is 1.48. The van der Waals surface area contributed by atoms with E-state index < -0.39 is 0 Å². The lowest BCUT2D eigenvalue weighted by Crippen LogP contribution is -2.15. The lowest BCUT2D eigenvalue weighted by molar-refractivity contribution is 0.449. The highest BCUT2D eigenvalue weighted by molar-refractivity contribution is 4.86. The van der Waals surface area contributed by atoms with Crippen LogP contribution in [0.25, 0.3) is 0 Å². The number of nitrogens with one attached hydrogen (secondary N) is 1. The molecule has 84 valence electrons. The first-order valence-corrected chi connectivity index (χ1v) is 6.03. The van der Waals surface area contributed by atoms with E-state index in [0.717, 1.165) is 24.8 Å². The third-order valence-corrected chi connectivity index (χ3v) is 3.22. The van der Waals surface area contributed by atoms with Crippen LogP contribution >= 0.6 is 0 Å². The van der Waals surface area contributed by atoms with Gasteiger partial charge in [-0.25, -0.2) is 4.98 Å². The zero-order valence-corrected chi connectivity index (χ0v) is 9.24. The molecule has 15 heavy (non-hydrogen) atoms. The van der Waals surface area contributed by atoms with E-state index in [-0.39, 0.29) is 0 Å². The van der Waals surface area contributed by atoms with Crippen LogP contribution in [0.4, 0.5) is 0 Å². The van der Waals surface area contributed by atoms with Gasteiger partial charge in [-0.2, -0.15) is 0 Å². The van der Waals surface area contributed by atoms with E-state index in [1.807, 2.05) is 0 Å². The van der Waals surface area contributed by atoms with Gasteiger partial charge in [0.25, 0.3) is 0 Å². The fourth-order valence-electron chi connectivity index (χ4n) is 2.36. The molecule has 0 aliphatic heterocycles. The monoisotopic (exact) mass is 208 g/mol. The minimum absolute atomic E-state index is 0.810. The summed E-state index contributed by atoms with van der Waals surface area (Å²) in [5, 5.41) is 3.38. The number of aromatic nitrogens is 1. The molecule has 0 saturated heterocycles. The van der Waals surface area contributed by atoms with Crippen LogP contribution < -0.4 is 5.32 Å². The molecule has 0 radical (unpaired) electrons. The Kier molecular flexibility index (Phi) is 4.21. The molecule has 1 N–H and O–H groups in total. The second-order valence-corrected chi connectivity index (χ2v) is 4.44. The smallest absolute Gasteiger partial charge is 0.180 e. The summed E-state index contributed by atoms with van der Waals surface area (Å²) in [4.78, 5) is 3.88. The fraction of sp³-hybridized carbons (Fsp3) is 0.750.